The van der Waals surface area contributed by atoms with E-state index >= 15 is 0 Å². The van der Waals surface area contributed by atoms with Crippen LogP contribution >= 0.6 is 0 Å². The summed E-state index contributed by atoms with van der Waals surface area (Å²) in [6.07, 6.45) is 5.51. The maximum absolute atomic E-state index is 12.5. The Kier molecular flexibility index (Phi) is 5.70. The lowest BCUT2D eigenvalue weighted by molar-refractivity contribution is 0.616. The van der Waals surface area contributed by atoms with Gasteiger partial charge in [0, 0.05) is 23.1 Å². The first-order chi connectivity index (χ1) is 8.13. The number of H-pyrrole nitrogens is 1. The first-order valence-electron chi connectivity index (χ1n) is 6.11. The highest BCUT2D eigenvalue weighted by molar-refractivity contribution is 5.78. The second-order valence-corrected chi connectivity index (χ2v) is 4.33. The van der Waals surface area contributed by atoms with E-state index in [9.17, 15) is 4.39 Å². The van der Waals surface area contributed by atoms with Gasteiger partial charge in [-0.2, -0.15) is 0 Å². The van der Waals surface area contributed by atoms with Crippen molar-refractivity contribution < 1.29 is 4.39 Å². The molecule has 0 bridgehead atoms. The molecule has 0 aliphatic heterocycles. The molecule has 3 N–H and O–H groups in total. The van der Waals surface area contributed by atoms with Crippen LogP contribution in [-0.4, -0.2) is 11.0 Å². The van der Waals surface area contributed by atoms with Crippen molar-refractivity contribution in [3.8, 4) is 0 Å². The quantitative estimate of drug-likeness (QED) is 0.835. The van der Waals surface area contributed by atoms with Gasteiger partial charge in [0.25, 0.3) is 0 Å². The summed E-state index contributed by atoms with van der Waals surface area (Å²) in [6.45, 7) is 4.23. The van der Waals surface area contributed by atoms with E-state index in [-0.39, 0.29) is 5.82 Å². The number of hydrogen-bond donors (Lipinski definition) is 2. The molecule has 3 heteroatoms. The maximum Gasteiger partial charge on any atom is 0.123 e. The zero-order valence-electron chi connectivity index (χ0n) is 10.5. The van der Waals surface area contributed by atoms with E-state index in [1.807, 2.05) is 6.07 Å². The molecule has 0 fully saturated rings. The second kappa shape index (κ2) is 7.07. The largest absolute Gasteiger partial charge is 0.361 e. The molecule has 0 radical (unpaired) electrons. The predicted octanol–water partition coefficient (Wildman–Crippen LogP) is 3.83. The average Bonchev–Trinajstić information content (AvgIpc) is 2.74. The average molecular weight is 236 g/mol. The normalized spacial score (nSPS) is 12.0. The van der Waals surface area contributed by atoms with E-state index in [0.29, 0.717) is 6.04 Å². The second-order valence-electron chi connectivity index (χ2n) is 4.33. The molecule has 0 aliphatic rings. The molecule has 1 unspecified atom stereocenters. The lowest BCUT2D eigenvalue weighted by Gasteiger charge is -1.99. The molecule has 0 amide bonds. The van der Waals surface area contributed by atoms with Crippen molar-refractivity contribution >= 4 is 10.9 Å². The zero-order valence-corrected chi connectivity index (χ0v) is 10.5. The molecule has 1 atom stereocenters. The van der Waals surface area contributed by atoms with Crippen LogP contribution in [0.15, 0.2) is 30.5 Å². The van der Waals surface area contributed by atoms with Gasteiger partial charge in [-0.25, -0.2) is 4.39 Å². The Morgan fingerprint density at radius 2 is 2.12 bits per heavy atom. The monoisotopic (exact) mass is 236 g/mol. The van der Waals surface area contributed by atoms with E-state index < -0.39 is 0 Å². The molecule has 0 spiro atoms. The molecular formula is C14H21FN2. The van der Waals surface area contributed by atoms with Crippen molar-refractivity contribution in [1.29, 1.82) is 0 Å². The van der Waals surface area contributed by atoms with Gasteiger partial charge < -0.3 is 10.7 Å². The van der Waals surface area contributed by atoms with E-state index in [2.05, 4.69) is 18.8 Å². The van der Waals surface area contributed by atoms with E-state index in [4.69, 9.17) is 5.73 Å². The van der Waals surface area contributed by atoms with Crippen LogP contribution in [0.4, 0.5) is 4.39 Å². The fourth-order valence-electron chi connectivity index (χ4n) is 1.55. The van der Waals surface area contributed by atoms with Crippen molar-refractivity contribution in [3.05, 3.63) is 36.3 Å². The molecule has 0 aliphatic carbocycles. The first-order valence-corrected chi connectivity index (χ1v) is 6.11. The van der Waals surface area contributed by atoms with Gasteiger partial charge in [-0.05, 0) is 37.6 Å². The highest BCUT2D eigenvalue weighted by Gasteiger charge is 1.93. The third-order valence-electron chi connectivity index (χ3n) is 2.53. The van der Waals surface area contributed by atoms with Crippen molar-refractivity contribution in [3.63, 3.8) is 0 Å². The number of aromatic amines is 1. The first kappa shape index (κ1) is 13.7. The molecule has 1 aromatic heterocycles. The van der Waals surface area contributed by atoms with Crippen LogP contribution in [0.25, 0.3) is 10.9 Å². The Labute approximate surface area is 102 Å². The number of fused-ring (bicyclic) bond motifs is 1. The highest BCUT2D eigenvalue weighted by Crippen LogP contribution is 2.12. The standard InChI is InChI=1S/C8H6FN.C6H15N/c9-7-1-2-8-6(5-7)3-4-10-8;1-3-4-5-6(2)7/h1-5,10H;6H,3-5,7H2,1-2H3. The molecule has 1 aromatic carbocycles. The lowest BCUT2D eigenvalue weighted by atomic mass is 10.2. The van der Waals surface area contributed by atoms with E-state index in [1.54, 1.807) is 12.3 Å². The Morgan fingerprint density at radius 1 is 1.35 bits per heavy atom. The number of unbranched alkanes of at least 4 members (excludes halogenated alkanes) is 1. The van der Waals surface area contributed by atoms with Crippen LogP contribution in [0.5, 0.6) is 0 Å². The maximum atomic E-state index is 12.5. The van der Waals surface area contributed by atoms with Crippen LogP contribution in [0.3, 0.4) is 0 Å². The number of aromatic nitrogens is 1. The molecule has 0 saturated heterocycles. The molecule has 94 valence electrons. The number of nitrogens with two attached hydrogens (primary N) is 1. The fraction of sp³-hybridized carbons (Fsp3) is 0.429. The minimum absolute atomic E-state index is 0.188. The number of rotatable bonds is 3. The van der Waals surface area contributed by atoms with Gasteiger partial charge in [0.15, 0.2) is 0 Å². The zero-order chi connectivity index (χ0) is 12.7. The van der Waals surface area contributed by atoms with Gasteiger partial charge in [-0.15, -0.1) is 0 Å². The van der Waals surface area contributed by atoms with Crippen molar-refractivity contribution in [1.82, 2.24) is 4.98 Å². The lowest BCUT2D eigenvalue weighted by Crippen LogP contribution is -2.13. The van der Waals surface area contributed by atoms with E-state index in [0.717, 1.165) is 10.9 Å². The van der Waals surface area contributed by atoms with Crippen LogP contribution < -0.4 is 5.73 Å². The topological polar surface area (TPSA) is 41.8 Å². The highest BCUT2D eigenvalue weighted by atomic mass is 19.1. The molecule has 2 nitrogen and oxygen atoms in total. The van der Waals surface area contributed by atoms with Crippen LogP contribution in [0, 0.1) is 5.82 Å². The summed E-state index contributed by atoms with van der Waals surface area (Å²) in [5, 5.41) is 0.917. The molecule has 2 rings (SSSR count). The van der Waals surface area contributed by atoms with Crippen LogP contribution in [0.2, 0.25) is 0 Å². The summed E-state index contributed by atoms with van der Waals surface area (Å²) in [4.78, 5) is 2.98. The van der Waals surface area contributed by atoms with Crippen LogP contribution in [-0.2, 0) is 0 Å². The minimum Gasteiger partial charge on any atom is -0.361 e. The van der Waals surface area contributed by atoms with Gasteiger partial charge in [0.05, 0.1) is 0 Å². The van der Waals surface area contributed by atoms with Gasteiger partial charge in [-0.3, -0.25) is 0 Å². The van der Waals surface area contributed by atoms with Crippen LogP contribution in [0.1, 0.15) is 33.1 Å². The fourth-order valence-corrected chi connectivity index (χ4v) is 1.55. The van der Waals surface area contributed by atoms with Crippen molar-refractivity contribution in [2.45, 2.75) is 39.2 Å². The molecule has 0 saturated carbocycles. The number of nitrogens with one attached hydrogen (secondary N) is 1. The Morgan fingerprint density at radius 3 is 2.71 bits per heavy atom. The molecule has 1 heterocycles. The van der Waals surface area contributed by atoms with Gasteiger partial charge >= 0.3 is 0 Å². The summed E-state index contributed by atoms with van der Waals surface area (Å²) in [6, 6.07) is 6.92. The molecule has 2 aromatic rings. The van der Waals surface area contributed by atoms with Gasteiger partial charge in [-0.1, -0.05) is 19.8 Å². The number of halogens is 1. The Hall–Kier alpha value is -1.35. The summed E-state index contributed by atoms with van der Waals surface area (Å²) in [7, 11) is 0. The number of benzene rings is 1. The van der Waals surface area contributed by atoms with Crippen molar-refractivity contribution in [2.75, 3.05) is 0 Å². The third kappa shape index (κ3) is 5.00. The molecular weight excluding hydrogens is 215 g/mol. The SMILES string of the molecule is CCCCC(C)N.Fc1ccc2[nH]ccc2c1. The minimum atomic E-state index is -0.188. The predicted molar refractivity (Wildman–Crippen MR) is 71.4 cm³/mol. The van der Waals surface area contributed by atoms with Gasteiger partial charge in [0.2, 0.25) is 0 Å². The van der Waals surface area contributed by atoms with Gasteiger partial charge in [0.1, 0.15) is 5.82 Å². The smallest absolute Gasteiger partial charge is 0.123 e. The Bertz CT molecular complexity index is 434. The summed E-state index contributed by atoms with van der Waals surface area (Å²) >= 11 is 0. The summed E-state index contributed by atoms with van der Waals surface area (Å²) in [5.41, 5.74) is 6.45. The summed E-state index contributed by atoms with van der Waals surface area (Å²) < 4.78 is 12.5. The third-order valence-corrected chi connectivity index (χ3v) is 2.53. The Balaban J connectivity index is 0.000000185. The summed E-state index contributed by atoms with van der Waals surface area (Å²) in [5.74, 6) is -0.188. The van der Waals surface area contributed by atoms with Crippen molar-refractivity contribution in [2.24, 2.45) is 5.73 Å². The van der Waals surface area contributed by atoms with E-state index in [1.165, 1.54) is 31.4 Å². The molecule has 17 heavy (non-hydrogen) atoms. The number of hydrogen-bond acceptors (Lipinski definition) is 1.